The van der Waals surface area contributed by atoms with Crippen molar-refractivity contribution in [2.24, 2.45) is 5.73 Å². The van der Waals surface area contributed by atoms with Crippen LogP contribution in [0.1, 0.15) is 39.0 Å². The minimum Gasteiger partial charge on any atom is -0.377 e. The Morgan fingerprint density at radius 1 is 1.33 bits per heavy atom. The lowest BCUT2D eigenvalue weighted by Gasteiger charge is -2.32. The van der Waals surface area contributed by atoms with E-state index < -0.39 is 0 Å². The van der Waals surface area contributed by atoms with Gasteiger partial charge in [0.25, 0.3) is 0 Å². The van der Waals surface area contributed by atoms with Crippen molar-refractivity contribution in [3.63, 3.8) is 0 Å². The summed E-state index contributed by atoms with van der Waals surface area (Å²) < 4.78 is 5.32. The highest BCUT2D eigenvalue weighted by atomic mass is 16.5. The quantitative estimate of drug-likeness (QED) is 0.755. The summed E-state index contributed by atoms with van der Waals surface area (Å²) >= 11 is 0. The molecule has 1 aliphatic heterocycles. The molecule has 1 heterocycles. The molecule has 84 valence electrons. The lowest BCUT2D eigenvalue weighted by molar-refractivity contribution is 0.155. The second kappa shape index (κ2) is 4.50. The van der Waals surface area contributed by atoms with E-state index >= 15 is 0 Å². The predicted molar refractivity (Wildman–Crippen MR) is 62.7 cm³/mol. The van der Waals surface area contributed by atoms with Crippen LogP contribution in [0.4, 0.5) is 0 Å². The molecule has 0 aromatic rings. The van der Waals surface area contributed by atoms with Gasteiger partial charge in [0.15, 0.2) is 0 Å². The standard InChI is InChI=1S/C13H21NO/c1-2-13(14)7-3-11(4-8-13)12-5-9-15-10-6-12/h3,5H,2,4,6-10,14H2,1H3. The van der Waals surface area contributed by atoms with E-state index in [2.05, 4.69) is 19.1 Å². The van der Waals surface area contributed by atoms with Crippen molar-refractivity contribution in [3.8, 4) is 0 Å². The van der Waals surface area contributed by atoms with E-state index in [4.69, 9.17) is 10.5 Å². The van der Waals surface area contributed by atoms with Gasteiger partial charge >= 0.3 is 0 Å². The van der Waals surface area contributed by atoms with Crippen molar-refractivity contribution in [2.45, 2.75) is 44.6 Å². The average Bonchev–Trinajstić information content (AvgIpc) is 2.31. The Bertz CT molecular complexity index is 293. The van der Waals surface area contributed by atoms with Gasteiger partial charge in [-0.3, -0.25) is 0 Å². The summed E-state index contributed by atoms with van der Waals surface area (Å²) in [5, 5.41) is 0. The maximum absolute atomic E-state index is 6.26. The number of hydrogen-bond acceptors (Lipinski definition) is 2. The maximum atomic E-state index is 6.26. The summed E-state index contributed by atoms with van der Waals surface area (Å²) in [6.45, 7) is 3.85. The van der Waals surface area contributed by atoms with E-state index in [-0.39, 0.29) is 5.54 Å². The molecule has 0 fully saturated rings. The zero-order valence-electron chi connectivity index (χ0n) is 9.59. The molecule has 0 saturated heterocycles. The summed E-state index contributed by atoms with van der Waals surface area (Å²) in [5.74, 6) is 0. The molecule has 0 saturated carbocycles. The molecule has 0 aromatic carbocycles. The third-order valence-electron chi connectivity index (χ3n) is 3.73. The molecule has 15 heavy (non-hydrogen) atoms. The fourth-order valence-electron chi connectivity index (χ4n) is 2.35. The van der Waals surface area contributed by atoms with Gasteiger partial charge < -0.3 is 10.5 Å². The molecule has 0 amide bonds. The summed E-state index contributed by atoms with van der Waals surface area (Å²) in [6.07, 6.45) is 10.1. The van der Waals surface area contributed by atoms with Crippen LogP contribution in [0.3, 0.4) is 0 Å². The van der Waals surface area contributed by atoms with Gasteiger partial charge in [0.1, 0.15) is 0 Å². The summed E-state index contributed by atoms with van der Waals surface area (Å²) in [5.41, 5.74) is 9.35. The van der Waals surface area contributed by atoms with E-state index in [1.165, 1.54) is 11.1 Å². The zero-order chi connectivity index (χ0) is 10.7. The van der Waals surface area contributed by atoms with Gasteiger partial charge in [0, 0.05) is 5.54 Å². The van der Waals surface area contributed by atoms with Crippen molar-refractivity contribution in [1.29, 1.82) is 0 Å². The van der Waals surface area contributed by atoms with Crippen LogP contribution in [-0.4, -0.2) is 18.8 Å². The molecule has 1 unspecified atom stereocenters. The molecule has 1 atom stereocenters. The Morgan fingerprint density at radius 3 is 2.67 bits per heavy atom. The SMILES string of the molecule is CCC1(N)CC=C(C2=CCOCC2)CC1. The molecule has 2 heteroatoms. The first kappa shape index (κ1) is 10.9. The van der Waals surface area contributed by atoms with Gasteiger partial charge in [-0.2, -0.15) is 0 Å². The molecular weight excluding hydrogens is 186 g/mol. The summed E-state index contributed by atoms with van der Waals surface area (Å²) in [4.78, 5) is 0. The minimum absolute atomic E-state index is 0.0647. The van der Waals surface area contributed by atoms with Gasteiger partial charge in [-0.1, -0.05) is 19.1 Å². The number of nitrogens with two attached hydrogens (primary N) is 1. The number of ether oxygens (including phenoxy) is 1. The number of rotatable bonds is 2. The third-order valence-corrected chi connectivity index (χ3v) is 3.73. The average molecular weight is 207 g/mol. The van der Waals surface area contributed by atoms with Crippen LogP contribution >= 0.6 is 0 Å². The first-order valence-corrected chi connectivity index (χ1v) is 5.98. The van der Waals surface area contributed by atoms with Crippen LogP contribution in [0, 0.1) is 0 Å². The van der Waals surface area contributed by atoms with Crippen LogP contribution < -0.4 is 5.73 Å². The first-order valence-electron chi connectivity index (χ1n) is 5.98. The highest BCUT2D eigenvalue weighted by Gasteiger charge is 2.26. The van der Waals surface area contributed by atoms with Gasteiger partial charge in [-0.05, 0) is 43.3 Å². The van der Waals surface area contributed by atoms with E-state index in [1.807, 2.05) is 0 Å². The third kappa shape index (κ3) is 2.50. The van der Waals surface area contributed by atoms with Crippen molar-refractivity contribution >= 4 is 0 Å². The van der Waals surface area contributed by atoms with Crippen LogP contribution in [0.2, 0.25) is 0 Å². The Labute approximate surface area is 92.2 Å². The second-order valence-electron chi connectivity index (χ2n) is 4.70. The van der Waals surface area contributed by atoms with Gasteiger partial charge in [0.05, 0.1) is 13.2 Å². The van der Waals surface area contributed by atoms with Crippen molar-refractivity contribution in [2.75, 3.05) is 13.2 Å². The molecule has 0 bridgehead atoms. The Hall–Kier alpha value is -0.600. The molecular formula is C13H21NO. The fourth-order valence-corrected chi connectivity index (χ4v) is 2.35. The molecule has 2 rings (SSSR count). The van der Waals surface area contributed by atoms with Crippen molar-refractivity contribution in [3.05, 3.63) is 23.3 Å². The highest BCUT2D eigenvalue weighted by Crippen LogP contribution is 2.32. The van der Waals surface area contributed by atoms with Gasteiger partial charge in [-0.25, -0.2) is 0 Å². The highest BCUT2D eigenvalue weighted by molar-refractivity contribution is 5.34. The van der Waals surface area contributed by atoms with Crippen molar-refractivity contribution in [1.82, 2.24) is 0 Å². The summed E-state index contributed by atoms with van der Waals surface area (Å²) in [6, 6.07) is 0. The van der Waals surface area contributed by atoms with E-state index in [9.17, 15) is 0 Å². The number of allylic oxidation sites excluding steroid dienone is 1. The topological polar surface area (TPSA) is 35.2 Å². The lowest BCUT2D eigenvalue weighted by atomic mass is 9.79. The fraction of sp³-hybridized carbons (Fsp3) is 0.692. The smallest absolute Gasteiger partial charge is 0.0653 e. The predicted octanol–water partition coefficient (Wildman–Crippen LogP) is 2.55. The van der Waals surface area contributed by atoms with Crippen LogP contribution in [-0.2, 0) is 4.74 Å². The van der Waals surface area contributed by atoms with Gasteiger partial charge in [0.2, 0.25) is 0 Å². The van der Waals surface area contributed by atoms with E-state index in [1.54, 1.807) is 0 Å². The molecule has 0 aromatic heterocycles. The minimum atomic E-state index is 0.0647. The second-order valence-corrected chi connectivity index (χ2v) is 4.70. The Kier molecular flexibility index (Phi) is 3.27. The number of hydrogen-bond donors (Lipinski definition) is 1. The van der Waals surface area contributed by atoms with Crippen LogP contribution in [0.5, 0.6) is 0 Å². The summed E-state index contributed by atoms with van der Waals surface area (Å²) in [7, 11) is 0. The Balaban J connectivity index is 2.04. The zero-order valence-corrected chi connectivity index (χ0v) is 9.59. The Morgan fingerprint density at radius 2 is 2.13 bits per heavy atom. The van der Waals surface area contributed by atoms with Crippen LogP contribution in [0.15, 0.2) is 23.3 Å². The lowest BCUT2D eigenvalue weighted by Crippen LogP contribution is -2.40. The maximum Gasteiger partial charge on any atom is 0.0653 e. The molecule has 2 N–H and O–H groups in total. The largest absolute Gasteiger partial charge is 0.377 e. The first-order chi connectivity index (χ1) is 7.23. The molecule has 2 nitrogen and oxygen atoms in total. The molecule has 2 aliphatic rings. The molecule has 1 aliphatic carbocycles. The van der Waals surface area contributed by atoms with Gasteiger partial charge in [-0.15, -0.1) is 0 Å². The molecule has 0 radical (unpaired) electrons. The van der Waals surface area contributed by atoms with Crippen molar-refractivity contribution < 1.29 is 4.74 Å². The van der Waals surface area contributed by atoms with E-state index in [0.717, 1.165) is 45.3 Å². The normalized spacial score (nSPS) is 32.1. The van der Waals surface area contributed by atoms with E-state index in [0.29, 0.717) is 0 Å². The monoisotopic (exact) mass is 207 g/mol. The van der Waals surface area contributed by atoms with Crippen LogP contribution in [0.25, 0.3) is 0 Å². The molecule has 0 spiro atoms.